The number of hydrogen-bond acceptors (Lipinski definition) is 2. The van der Waals surface area contributed by atoms with Gasteiger partial charge in [-0.15, -0.1) is 0 Å². The normalized spacial score (nSPS) is 27.9. The van der Waals surface area contributed by atoms with Gasteiger partial charge in [0.25, 0.3) is 0 Å². The average molecular weight is 194 g/mol. The van der Waals surface area contributed by atoms with Gasteiger partial charge in [0.15, 0.2) is 0 Å². The molecule has 0 atom stereocenters. The van der Waals surface area contributed by atoms with Crippen LogP contribution >= 0.6 is 0 Å². The van der Waals surface area contributed by atoms with E-state index < -0.39 is 0 Å². The predicted molar refractivity (Wildman–Crippen MR) is 54.9 cm³/mol. The quantitative estimate of drug-likeness (QED) is 0.778. The number of hydrogen-bond donors (Lipinski definition) is 1. The summed E-state index contributed by atoms with van der Waals surface area (Å²) in [6.07, 6.45) is 8.09. The lowest BCUT2D eigenvalue weighted by molar-refractivity contribution is 0.104. The lowest BCUT2D eigenvalue weighted by Gasteiger charge is -2.25. The van der Waals surface area contributed by atoms with Gasteiger partial charge < -0.3 is 9.67 Å². The Hall–Kier alpha value is -0.830. The maximum Gasteiger partial charge on any atom is 0.105 e. The van der Waals surface area contributed by atoms with Crippen LogP contribution in [0.25, 0.3) is 0 Å². The molecule has 3 heteroatoms. The molecule has 0 bridgehead atoms. The van der Waals surface area contributed by atoms with Gasteiger partial charge in [-0.2, -0.15) is 0 Å². The first-order chi connectivity index (χ1) is 6.75. The van der Waals surface area contributed by atoms with Crippen LogP contribution < -0.4 is 0 Å². The molecule has 78 valence electrons. The van der Waals surface area contributed by atoms with Gasteiger partial charge in [-0.3, -0.25) is 0 Å². The molecule has 1 heterocycles. The Morgan fingerprint density at radius 2 is 2.14 bits per heavy atom. The zero-order chi connectivity index (χ0) is 9.97. The molecule has 1 fully saturated rings. The van der Waals surface area contributed by atoms with Crippen LogP contribution in [-0.2, 0) is 6.54 Å². The summed E-state index contributed by atoms with van der Waals surface area (Å²) in [7, 11) is 0. The lowest BCUT2D eigenvalue weighted by atomic mass is 9.87. The van der Waals surface area contributed by atoms with Gasteiger partial charge in [0.05, 0.1) is 6.10 Å². The van der Waals surface area contributed by atoms with Crippen molar-refractivity contribution in [2.45, 2.75) is 45.3 Å². The van der Waals surface area contributed by atoms with Crippen molar-refractivity contribution in [3.05, 3.63) is 18.2 Å². The number of aliphatic hydroxyl groups is 1. The molecule has 1 saturated carbocycles. The second kappa shape index (κ2) is 4.13. The van der Waals surface area contributed by atoms with Crippen molar-refractivity contribution in [1.29, 1.82) is 0 Å². The first-order valence-corrected chi connectivity index (χ1v) is 5.41. The number of aliphatic hydroxyl groups excluding tert-OH is 1. The highest BCUT2D eigenvalue weighted by molar-refractivity contribution is 4.89. The van der Waals surface area contributed by atoms with E-state index in [2.05, 4.69) is 9.55 Å². The van der Waals surface area contributed by atoms with Crippen molar-refractivity contribution in [2.75, 3.05) is 0 Å². The van der Waals surface area contributed by atoms with Crippen LogP contribution in [0, 0.1) is 12.8 Å². The molecule has 14 heavy (non-hydrogen) atoms. The monoisotopic (exact) mass is 194 g/mol. The molecule has 0 saturated heterocycles. The number of aromatic nitrogens is 2. The van der Waals surface area contributed by atoms with Crippen molar-refractivity contribution in [3.8, 4) is 0 Å². The van der Waals surface area contributed by atoms with E-state index in [4.69, 9.17) is 0 Å². The van der Waals surface area contributed by atoms with E-state index in [1.165, 1.54) is 0 Å². The fourth-order valence-corrected chi connectivity index (χ4v) is 2.20. The molecule has 1 aromatic rings. The summed E-state index contributed by atoms with van der Waals surface area (Å²) in [4.78, 5) is 4.21. The maximum absolute atomic E-state index is 9.39. The van der Waals surface area contributed by atoms with Crippen molar-refractivity contribution in [3.63, 3.8) is 0 Å². The topological polar surface area (TPSA) is 38.0 Å². The zero-order valence-corrected chi connectivity index (χ0v) is 8.69. The molecule has 2 rings (SSSR count). The number of nitrogens with zero attached hydrogens (tertiary/aromatic N) is 2. The largest absolute Gasteiger partial charge is 0.393 e. The van der Waals surface area contributed by atoms with Gasteiger partial charge in [0.2, 0.25) is 0 Å². The third kappa shape index (κ3) is 2.15. The van der Waals surface area contributed by atoms with Crippen molar-refractivity contribution < 1.29 is 5.11 Å². The summed E-state index contributed by atoms with van der Waals surface area (Å²) < 4.78 is 2.21. The minimum Gasteiger partial charge on any atom is -0.393 e. The molecule has 0 radical (unpaired) electrons. The summed E-state index contributed by atoms with van der Waals surface area (Å²) >= 11 is 0. The molecule has 1 aromatic heterocycles. The Bertz CT molecular complexity index is 287. The highest BCUT2D eigenvalue weighted by Crippen LogP contribution is 2.25. The Kier molecular flexibility index (Phi) is 2.87. The standard InChI is InChI=1S/C11H18N2O/c1-9-12-6-7-13(9)8-10-2-4-11(14)5-3-10/h6-7,10-11,14H,2-5,8H2,1H3. The second-order valence-corrected chi connectivity index (χ2v) is 4.30. The van der Waals surface area contributed by atoms with E-state index in [0.29, 0.717) is 0 Å². The minimum atomic E-state index is -0.0462. The van der Waals surface area contributed by atoms with Crippen LogP contribution in [0.3, 0.4) is 0 Å². The third-order valence-electron chi connectivity index (χ3n) is 3.19. The van der Waals surface area contributed by atoms with E-state index in [1.807, 2.05) is 19.3 Å². The molecule has 0 unspecified atom stereocenters. The van der Waals surface area contributed by atoms with Crippen LogP contribution in [0.15, 0.2) is 12.4 Å². The van der Waals surface area contributed by atoms with Gasteiger partial charge in [0.1, 0.15) is 5.82 Å². The molecule has 0 aromatic carbocycles. The molecular formula is C11H18N2O. The molecule has 0 spiro atoms. The van der Waals surface area contributed by atoms with E-state index in [-0.39, 0.29) is 6.10 Å². The van der Waals surface area contributed by atoms with E-state index in [1.54, 1.807) is 0 Å². The van der Waals surface area contributed by atoms with Crippen LogP contribution in [-0.4, -0.2) is 20.8 Å². The Balaban J connectivity index is 1.89. The average Bonchev–Trinajstić information content (AvgIpc) is 2.56. The number of rotatable bonds is 2. The Morgan fingerprint density at radius 1 is 1.43 bits per heavy atom. The minimum absolute atomic E-state index is 0.0462. The van der Waals surface area contributed by atoms with Crippen LogP contribution in [0.2, 0.25) is 0 Å². The highest BCUT2D eigenvalue weighted by Gasteiger charge is 2.19. The van der Waals surface area contributed by atoms with E-state index >= 15 is 0 Å². The molecule has 0 aliphatic heterocycles. The molecule has 0 amide bonds. The molecule has 3 nitrogen and oxygen atoms in total. The molecular weight excluding hydrogens is 176 g/mol. The zero-order valence-electron chi connectivity index (χ0n) is 8.69. The SMILES string of the molecule is Cc1nccn1CC1CCC(O)CC1. The number of aryl methyl sites for hydroxylation is 1. The second-order valence-electron chi connectivity index (χ2n) is 4.30. The van der Waals surface area contributed by atoms with Gasteiger partial charge >= 0.3 is 0 Å². The van der Waals surface area contributed by atoms with E-state index in [9.17, 15) is 5.11 Å². The smallest absolute Gasteiger partial charge is 0.105 e. The van der Waals surface area contributed by atoms with Gasteiger partial charge in [-0.05, 0) is 38.5 Å². The maximum atomic E-state index is 9.39. The third-order valence-corrected chi connectivity index (χ3v) is 3.19. The highest BCUT2D eigenvalue weighted by atomic mass is 16.3. The number of imidazole rings is 1. The van der Waals surface area contributed by atoms with Crippen molar-refractivity contribution in [1.82, 2.24) is 9.55 Å². The summed E-state index contributed by atoms with van der Waals surface area (Å²) in [5.74, 6) is 1.82. The summed E-state index contributed by atoms with van der Waals surface area (Å²) in [5.41, 5.74) is 0. The van der Waals surface area contributed by atoms with Gasteiger partial charge in [-0.1, -0.05) is 0 Å². The fourth-order valence-electron chi connectivity index (χ4n) is 2.20. The van der Waals surface area contributed by atoms with Crippen LogP contribution in [0.4, 0.5) is 0 Å². The van der Waals surface area contributed by atoms with Crippen molar-refractivity contribution in [2.24, 2.45) is 5.92 Å². The summed E-state index contributed by atoms with van der Waals surface area (Å²) in [5, 5.41) is 9.39. The summed E-state index contributed by atoms with van der Waals surface area (Å²) in [6, 6.07) is 0. The van der Waals surface area contributed by atoms with Gasteiger partial charge in [-0.25, -0.2) is 4.98 Å². The lowest BCUT2D eigenvalue weighted by Crippen LogP contribution is -2.21. The Labute approximate surface area is 84.8 Å². The molecule has 1 aliphatic carbocycles. The van der Waals surface area contributed by atoms with Crippen LogP contribution in [0.5, 0.6) is 0 Å². The van der Waals surface area contributed by atoms with E-state index in [0.717, 1.165) is 44.0 Å². The fraction of sp³-hybridized carbons (Fsp3) is 0.727. The molecule has 1 aliphatic rings. The van der Waals surface area contributed by atoms with Crippen LogP contribution in [0.1, 0.15) is 31.5 Å². The Morgan fingerprint density at radius 3 is 2.71 bits per heavy atom. The van der Waals surface area contributed by atoms with Crippen molar-refractivity contribution >= 4 is 0 Å². The molecule has 1 N–H and O–H groups in total. The predicted octanol–water partition coefficient (Wildman–Crippen LogP) is 1.74. The first kappa shape index (κ1) is 9.71. The van der Waals surface area contributed by atoms with Gasteiger partial charge in [0, 0.05) is 18.9 Å². The first-order valence-electron chi connectivity index (χ1n) is 5.41. The summed E-state index contributed by atoms with van der Waals surface area (Å²) in [6.45, 7) is 3.11.